The van der Waals surface area contributed by atoms with E-state index in [1.807, 2.05) is 11.3 Å². The van der Waals surface area contributed by atoms with Gasteiger partial charge in [-0.05, 0) is 43.7 Å². The van der Waals surface area contributed by atoms with Crippen molar-refractivity contribution in [1.82, 2.24) is 5.32 Å². The third-order valence-electron chi connectivity index (χ3n) is 3.82. The summed E-state index contributed by atoms with van der Waals surface area (Å²) in [4.78, 5) is 1.53. The van der Waals surface area contributed by atoms with Gasteiger partial charge in [0.25, 0.3) is 0 Å². The molecule has 1 aromatic heterocycles. The molecule has 0 saturated heterocycles. The summed E-state index contributed by atoms with van der Waals surface area (Å²) in [5.41, 5.74) is 0. The monoisotopic (exact) mass is 237 g/mol. The Bertz CT molecular complexity index is 275. The Hall–Kier alpha value is -0.340. The summed E-state index contributed by atoms with van der Waals surface area (Å²) in [5.74, 6) is 1.00. The second-order valence-electron chi connectivity index (χ2n) is 4.99. The molecule has 1 aromatic rings. The molecule has 0 aliphatic heterocycles. The zero-order valence-corrected chi connectivity index (χ0v) is 11.1. The second-order valence-corrected chi connectivity index (χ2v) is 6.02. The Balaban J connectivity index is 1.72. The van der Waals surface area contributed by atoms with Crippen molar-refractivity contribution < 1.29 is 0 Å². The quantitative estimate of drug-likeness (QED) is 0.792. The Kier molecular flexibility index (Phi) is 4.86. The van der Waals surface area contributed by atoms with Crippen LogP contribution in [0.1, 0.15) is 43.4 Å². The second kappa shape index (κ2) is 6.41. The number of aryl methyl sites for hydroxylation is 1. The van der Waals surface area contributed by atoms with Crippen LogP contribution in [0.25, 0.3) is 0 Å². The zero-order valence-electron chi connectivity index (χ0n) is 10.2. The molecule has 1 saturated carbocycles. The molecular weight excluding hydrogens is 214 g/mol. The molecule has 0 aromatic carbocycles. The predicted molar refractivity (Wildman–Crippen MR) is 72.1 cm³/mol. The van der Waals surface area contributed by atoms with E-state index in [9.17, 15) is 0 Å². The molecule has 2 rings (SSSR count). The summed E-state index contributed by atoms with van der Waals surface area (Å²) in [5, 5.41) is 5.68. The Morgan fingerprint density at radius 1 is 1.44 bits per heavy atom. The van der Waals surface area contributed by atoms with Crippen LogP contribution in [0.3, 0.4) is 0 Å². The summed E-state index contributed by atoms with van der Waals surface area (Å²) in [6.45, 7) is 0. The number of hydrogen-bond acceptors (Lipinski definition) is 2. The molecule has 0 spiro atoms. The van der Waals surface area contributed by atoms with E-state index in [1.165, 1.54) is 49.8 Å². The molecule has 1 heterocycles. The van der Waals surface area contributed by atoms with E-state index in [2.05, 4.69) is 29.9 Å². The molecule has 16 heavy (non-hydrogen) atoms. The lowest BCUT2D eigenvalue weighted by molar-refractivity contribution is 0.389. The highest BCUT2D eigenvalue weighted by Crippen LogP contribution is 2.29. The molecule has 1 fully saturated rings. The van der Waals surface area contributed by atoms with Gasteiger partial charge in [0.1, 0.15) is 0 Å². The molecule has 90 valence electrons. The standard InChI is InChI=1S/C14H23NS/c1-15-13(11-12-5-2-3-6-12)8-9-14-7-4-10-16-14/h4,7,10,12-13,15H,2-3,5-6,8-9,11H2,1H3. The van der Waals surface area contributed by atoms with Crippen molar-refractivity contribution in [2.24, 2.45) is 5.92 Å². The normalized spacial score (nSPS) is 19.1. The van der Waals surface area contributed by atoms with Gasteiger partial charge >= 0.3 is 0 Å². The van der Waals surface area contributed by atoms with E-state index in [0.29, 0.717) is 0 Å². The molecular formula is C14H23NS. The molecule has 0 bridgehead atoms. The SMILES string of the molecule is CNC(CCc1cccs1)CC1CCCC1. The number of rotatable bonds is 6. The molecule has 1 N–H and O–H groups in total. The van der Waals surface area contributed by atoms with Crippen LogP contribution >= 0.6 is 11.3 Å². The molecule has 2 heteroatoms. The van der Waals surface area contributed by atoms with E-state index < -0.39 is 0 Å². The van der Waals surface area contributed by atoms with E-state index in [4.69, 9.17) is 0 Å². The van der Waals surface area contributed by atoms with Gasteiger partial charge in [-0.2, -0.15) is 0 Å². The lowest BCUT2D eigenvalue weighted by Crippen LogP contribution is -2.27. The first-order valence-corrected chi connectivity index (χ1v) is 7.46. The van der Waals surface area contributed by atoms with Gasteiger partial charge in [-0.25, -0.2) is 0 Å². The van der Waals surface area contributed by atoms with E-state index in [1.54, 1.807) is 0 Å². The van der Waals surface area contributed by atoms with Crippen molar-refractivity contribution in [2.45, 2.75) is 51.0 Å². The average molecular weight is 237 g/mol. The summed E-state index contributed by atoms with van der Waals surface area (Å²) >= 11 is 1.89. The van der Waals surface area contributed by atoms with E-state index >= 15 is 0 Å². The van der Waals surface area contributed by atoms with Crippen molar-refractivity contribution in [3.8, 4) is 0 Å². The highest BCUT2D eigenvalue weighted by molar-refractivity contribution is 7.09. The van der Waals surface area contributed by atoms with Crippen LogP contribution in [0.15, 0.2) is 17.5 Å². The maximum Gasteiger partial charge on any atom is 0.00701 e. The van der Waals surface area contributed by atoms with Gasteiger partial charge in [-0.1, -0.05) is 31.7 Å². The average Bonchev–Trinajstić information content (AvgIpc) is 2.97. The van der Waals surface area contributed by atoms with Crippen LogP contribution in [-0.4, -0.2) is 13.1 Å². The Morgan fingerprint density at radius 3 is 2.88 bits per heavy atom. The Labute approximate surface area is 103 Å². The fourth-order valence-electron chi connectivity index (χ4n) is 2.80. The lowest BCUT2D eigenvalue weighted by atomic mass is 9.95. The van der Waals surface area contributed by atoms with Crippen molar-refractivity contribution in [3.63, 3.8) is 0 Å². The van der Waals surface area contributed by atoms with Crippen LogP contribution < -0.4 is 5.32 Å². The van der Waals surface area contributed by atoms with E-state index in [0.717, 1.165) is 12.0 Å². The van der Waals surface area contributed by atoms with Crippen molar-refractivity contribution in [2.75, 3.05) is 7.05 Å². The van der Waals surface area contributed by atoms with Crippen LogP contribution in [0.5, 0.6) is 0 Å². The smallest absolute Gasteiger partial charge is 0.00701 e. The number of thiophene rings is 1. The minimum Gasteiger partial charge on any atom is -0.317 e. The first-order valence-electron chi connectivity index (χ1n) is 6.58. The zero-order chi connectivity index (χ0) is 11.2. The highest BCUT2D eigenvalue weighted by Gasteiger charge is 2.19. The van der Waals surface area contributed by atoms with E-state index in [-0.39, 0.29) is 0 Å². The summed E-state index contributed by atoms with van der Waals surface area (Å²) in [6.07, 6.45) is 9.80. The molecule has 1 aliphatic rings. The van der Waals surface area contributed by atoms with Gasteiger partial charge in [0, 0.05) is 10.9 Å². The van der Waals surface area contributed by atoms with Crippen molar-refractivity contribution in [3.05, 3.63) is 22.4 Å². The summed E-state index contributed by atoms with van der Waals surface area (Å²) in [7, 11) is 2.12. The minimum absolute atomic E-state index is 0.727. The minimum atomic E-state index is 0.727. The third-order valence-corrected chi connectivity index (χ3v) is 4.76. The van der Waals surface area contributed by atoms with Gasteiger partial charge in [0.15, 0.2) is 0 Å². The largest absolute Gasteiger partial charge is 0.317 e. The van der Waals surface area contributed by atoms with Gasteiger partial charge in [-0.3, -0.25) is 0 Å². The predicted octanol–water partition coefficient (Wildman–Crippen LogP) is 3.85. The topological polar surface area (TPSA) is 12.0 Å². The maximum absolute atomic E-state index is 3.50. The highest BCUT2D eigenvalue weighted by atomic mass is 32.1. The molecule has 0 amide bonds. The summed E-state index contributed by atoms with van der Waals surface area (Å²) < 4.78 is 0. The molecule has 1 nitrogen and oxygen atoms in total. The van der Waals surface area contributed by atoms with Crippen LogP contribution in [0, 0.1) is 5.92 Å². The molecule has 1 aliphatic carbocycles. The third kappa shape index (κ3) is 3.60. The maximum atomic E-state index is 3.50. The summed E-state index contributed by atoms with van der Waals surface area (Å²) in [6, 6.07) is 5.14. The van der Waals surface area contributed by atoms with Gasteiger partial charge < -0.3 is 5.32 Å². The van der Waals surface area contributed by atoms with Crippen molar-refractivity contribution >= 4 is 11.3 Å². The molecule has 1 atom stereocenters. The molecule has 1 unspecified atom stereocenters. The van der Waals surface area contributed by atoms with Gasteiger partial charge in [0.05, 0.1) is 0 Å². The first kappa shape index (κ1) is 12.1. The molecule has 0 radical (unpaired) electrons. The van der Waals surface area contributed by atoms with Gasteiger partial charge in [0.2, 0.25) is 0 Å². The number of hydrogen-bond donors (Lipinski definition) is 1. The van der Waals surface area contributed by atoms with Crippen LogP contribution in [0.2, 0.25) is 0 Å². The van der Waals surface area contributed by atoms with Crippen molar-refractivity contribution in [1.29, 1.82) is 0 Å². The fourth-order valence-corrected chi connectivity index (χ4v) is 3.52. The van der Waals surface area contributed by atoms with Crippen LogP contribution in [-0.2, 0) is 6.42 Å². The first-order chi connectivity index (χ1) is 7.88. The van der Waals surface area contributed by atoms with Crippen LogP contribution in [0.4, 0.5) is 0 Å². The Morgan fingerprint density at radius 2 is 2.25 bits per heavy atom. The fraction of sp³-hybridized carbons (Fsp3) is 0.714. The number of nitrogens with one attached hydrogen (secondary N) is 1. The lowest BCUT2D eigenvalue weighted by Gasteiger charge is -2.19. The van der Waals surface area contributed by atoms with Gasteiger partial charge in [-0.15, -0.1) is 11.3 Å².